The summed E-state index contributed by atoms with van der Waals surface area (Å²) >= 11 is 35.5. The Bertz CT molecular complexity index is 1170. The van der Waals surface area contributed by atoms with Crippen molar-refractivity contribution < 1.29 is 4.42 Å². The average Bonchev–Trinajstić information content (AvgIpc) is 3.23. The third-order valence-electron chi connectivity index (χ3n) is 3.98. The summed E-state index contributed by atoms with van der Waals surface area (Å²) in [6, 6.07) is 16.4. The largest absolute Gasteiger partial charge is 0.416 e. The standard InChI is InChI=1S/C19H9Cl6N5O/c20-18(21,22)16-26-13(27-17(28-16)19(23,24)25)10-6-8-12(9-7-10)15-30-29-14(31-15)11-4-2-1-3-5-11/h1-9H. The highest BCUT2D eigenvalue weighted by molar-refractivity contribution is 6.67. The molecular weight excluding hydrogens is 527 g/mol. The van der Waals surface area contributed by atoms with E-state index in [2.05, 4.69) is 25.1 Å². The number of rotatable bonds is 3. The van der Waals surface area contributed by atoms with Crippen molar-refractivity contribution >= 4 is 69.6 Å². The van der Waals surface area contributed by atoms with E-state index < -0.39 is 7.59 Å². The first-order valence-corrected chi connectivity index (χ1v) is 10.8. The van der Waals surface area contributed by atoms with Crippen molar-refractivity contribution in [1.29, 1.82) is 0 Å². The Hall–Kier alpha value is -1.67. The lowest BCUT2D eigenvalue weighted by molar-refractivity contribution is 0.584. The maximum Gasteiger partial charge on any atom is 0.250 e. The quantitative estimate of drug-likeness (QED) is 0.265. The van der Waals surface area contributed by atoms with Crippen LogP contribution in [-0.2, 0) is 7.59 Å². The van der Waals surface area contributed by atoms with Gasteiger partial charge in [0.1, 0.15) is 0 Å². The maximum atomic E-state index is 5.92. The van der Waals surface area contributed by atoms with Crippen LogP contribution in [0.2, 0.25) is 0 Å². The summed E-state index contributed by atoms with van der Waals surface area (Å²) in [7, 11) is 0. The molecule has 0 aliphatic rings. The van der Waals surface area contributed by atoms with E-state index in [1.807, 2.05) is 30.3 Å². The summed E-state index contributed by atoms with van der Waals surface area (Å²) in [4.78, 5) is 12.3. The number of aromatic nitrogens is 5. The van der Waals surface area contributed by atoms with Gasteiger partial charge in [-0.1, -0.05) is 99.9 Å². The van der Waals surface area contributed by atoms with Gasteiger partial charge in [-0.3, -0.25) is 0 Å². The molecule has 4 rings (SSSR count). The summed E-state index contributed by atoms with van der Waals surface area (Å²) in [5, 5.41) is 8.18. The summed E-state index contributed by atoms with van der Waals surface area (Å²) in [5.41, 5.74) is 2.08. The van der Waals surface area contributed by atoms with E-state index in [9.17, 15) is 0 Å². The Morgan fingerprint density at radius 2 is 1.00 bits per heavy atom. The Labute approximate surface area is 206 Å². The third kappa shape index (κ3) is 5.22. The van der Waals surface area contributed by atoms with Crippen LogP contribution in [0.25, 0.3) is 34.3 Å². The van der Waals surface area contributed by atoms with Crippen molar-refractivity contribution in [2.75, 3.05) is 0 Å². The molecule has 2 aromatic carbocycles. The Kier molecular flexibility index (Phi) is 6.32. The molecular formula is C19H9Cl6N5O. The van der Waals surface area contributed by atoms with Gasteiger partial charge in [0, 0.05) is 16.7 Å². The summed E-state index contributed by atoms with van der Waals surface area (Å²) in [6.07, 6.45) is 0. The molecule has 0 aliphatic carbocycles. The van der Waals surface area contributed by atoms with Crippen molar-refractivity contribution in [2.45, 2.75) is 7.59 Å². The second kappa shape index (κ2) is 8.70. The predicted octanol–water partition coefficient (Wildman–Crippen LogP) is 6.91. The lowest BCUT2D eigenvalue weighted by atomic mass is 10.1. The molecule has 0 saturated carbocycles. The van der Waals surface area contributed by atoms with Gasteiger partial charge in [0.25, 0.3) is 0 Å². The SMILES string of the molecule is ClC(Cl)(Cl)c1nc(-c2ccc(-c3nnc(-c4ccccc4)o3)cc2)nc(C(Cl)(Cl)Cl)n1. The monoisotopic (exact) mass is 533 g/mol. The van der Waals surface area contributed by atoms with Crippen molar-refractivity contribution in [1.82, 2.24) is 25.1 Å². The lowest BCUT2D eigenvalue weighted by Gasteiger charge is -2.15. The molecule has 0 radical (unpaired) electrons. The zero-order valence-electron chi connectivity index (χ0n) is 15.1. The van der Waals surface area contributed by atoms with Gasteiger partial charge < -0.3 is 4.42 Å². The second-order valence-corrected chi connectivity index (χ2v) is 10.7. The predicted molar refractivity (Wildman–Crippen MR) is 122 cm³/mol. The molecule has 4 aromatic rings. The molecule has 0 N–H and O–H groups in total. The first-order chi connectivity index (χ1) is 14.6. The molecule has 0 saturated heterocycles. The molecule has 0 atom stereocenters. The number of nitrogens with zero attached hydrogens (tertiary/aromatic N) is 5. The van der Waals surface area contributed by atoms with Crippen LogP contribution >= 0.6 is 69.6 Å². The van der Waals surface area contributed by atoms with E-state index in [4.69, 9.17) is 74.0 Å². The maximum absolute atomic E-state index is 5.92. The van der Waals surface area contributed by atoms with Crippen LogP contribution in [0.3, 0.4) is 0 Å². The highest BCUT2D eigenvalue weighted by atomic mass is 35.6. The Morgan fingerprint density at radius 3 is 1.48 bits per heavy atom. The van der Waals surface area contributed by atoms with Crippen LogP contribution in [0.4, 0.5) is 0 Å². The van der Waals surface area contributed by atoms with Gasteiger partial charge in [-0.15, -0.1) is 10.2 Å². The minimum Gasteiger partial charge on any atom is -0.416 e. The van der Waals surface area contributed by atoms with E-state index in [0.29, 0.717) is 22.9 Å². The summed E-state index contributed by atoms with van der Waals surface area (Å²) in [6.45, 7) is 0. The molecule has 0 aliphatic heterocycles. The molecule has 0 spiro atoms. The molecule has 12 heteroatoms. The third-order valence-corrected chi connectivity index (χ3v) is 4.99. The van der Waals surface area contributed by atoms with E-state index in [0.717, 1.165) is 5.56 Å². The van der Waals surface area contributed by atoms with Gasteiger partial charge >= 0.3 is 0 Å². The zero-order chi connectivity index (χ0) is 22.2. The first-order valence-electron chi connectivity index (χ1n) is 8.51. The molecule has 31 heavy (non-hydrogen) atoms. The highest BCUT2D eigenvalue weighted by Gasteiger charge is 2.34. The highest BCUT2D eigenvalue weighted by Crippen LogP contribution is 2.40. The van der Waals surface area contributed by atoms with Crippen molar-refractivity contribution in [3.05, 3.63) is 66.2 Å². The molecule has 0 bridgehead atoms. The fraction of sp³-hybridized carbons (Fsp3) is 0.105. The van der Waals surface area contributed by atoms with E-state index >= 15 is 0 Å². The Balaban J connectivity index is 1.68. The average molecular weight is 536 g/mol. The zero-order valence-corrected chi connectivity index (χ0v) is 19.6. The fourth-order valence-electron chi connectivity index (χ4n) is 2.56. The molecule has 0 amide bonds. The minimum absolute atomic E-state index is 0.166. The number of halogens is 6. The van der Waals surface area contributed by atoms with Crippen LogP contribution in [0.1, 0.15) is 11.6 Å². The van der Waals surface area contributed by atoms with E-state index in [1.165, 1.54) is 0 Å². The van der Waals surface area contributed by atoms with Crippen molar-refractivity contribution in [2.24, 2.45) is 0 Å². The van der Waals surface area contributed by atoms with Gasteiger partial charge in [-0.25, -0.2) is 15.0 Å². The van der Waals surface area contributed by atoms with Gasteiger partial charge in [-0.05, 0) is 24.3 Å². The summed E-state index contributed by atoms with van der Waals surface area (Å²) in [5.74, 6) is 0.594. The smallest absolute Gasteiger partial charge is 0.250 e. The molecule has 6 nitrogen and oxygen atoms in total. The molecule has 0 fully saturated rings. The molecule has 2 aromatic heterocycles. The number of alkyl halides is 6. The molecule has 2 heterocycles. The number of hydrogen-bond donors (Lipinski definition) is 0. The number of hydrogen-bond acceptors (Lipinski definition) is 6. The van der Waals surface area contributed by atoms with Crippen LogP contribution < -0.4 is 0 Å². The first kappa shape index (κ1) is 22.5. The van der Waals surface area contributed by atoms with Gasteiger partial charge in [0.05, 0.1) is 0 Å². The van der Waals surface area contributed by atoms with Crippen molar-refractivity contribution in [3.8, 4) is 34.3 Å². The van der Waals surface area contributed by atoms with Crippen LogP contribution in [-0.4, -0.2) is 25.1 Å². The summed E-state index contributed by atoms with van der Waals surface area (Å²) < 4.78 is 1.90. The normalized spacial score (nSPS) is 12.2. The molecule has 0 unspecified atom stereocenters. The van der Waals surface area contributed by atoms with Gasteiger partial charge in [-0.2, -0.15) is 0 Å². The second-order valence-electron chi connectivity index (χ2n) is 6.16. The van der Waals surface area contributed by atoms with Crippen LogP contribution in [0.15, 0.2) is 59.0 Å². The van der Waals surface area contributed by atoms with Crippen LogP contribution in [0.5, 0.6) is 0 Å². The van der Waals surface area contributed by atoms with Gasteiger partial charge in [0.2, 0.25) is 19.4 Å². The minimum atomic E-state index is -1.93. The van der Waals surface area contributed by atoms with E-state index in [-0.39, 0.29) is 17.5 Å². The topological polar surface area (TPSA) is 77.6 Å². The van der Waals surface area contributed by atoms with Crippen LogP contribution in [0, 0.1) is 0 Å². The van der Waals surface area contributed by atoms with Crippen molar-refractivity contribution in [3.63, 3.8) is 0 Å². The van der Waals surface area contributed by atoms with Gasteiger partial charge in [0.15, 0.2) is 17.5 Å². The molecule has 158 valence electrons. The number of benzene rings is 2. The lowest BCUT2D eigenvalue weighted by Crippen LogP contribution is -2.16. The Morgan fingerprint density at radius 1 is 0.548 bits per heavy atom. The fourth-order valence-corrected chi connectivity index (χ4v) is 3.06. The van der Waals surface area contributed by atoms with E-state index in [1.54, 1.807) is 24.3 Å².